The molecule has 0 saturated heterocycles. The average molecular weight is 363 g/mol. The van der Waals surface area contributed by atoms with E-state index < -0.39 is 22.8 Å². The van der Waals surface area contributed by atoms with Crippen molar-refractivity contribution in [2.75, 3.05) is 23.4 Å². The predicted molar refractivity (Wildman–Crippen MR) is 81.7 cm³/mol. The molecule has 20 heavy (non-hydrogen) atoms. The van der Waals surface area contributed by atoms with Gasteiger partial charge in [0.1, 0.15) is 0 Å². The maximum atomic E-state index is 11.6. The lowest BCUT2D eigenvalue weighted by molar-refractivity contribution is 0.0697. The number of carboxylic acids is 1. The highest BCUT2D eigenvalue weighted by molar-refractivity contribution is 9.10. The summed E-state index contributed by atoms with van der Waals surface area (Å²) in [6, 6.07) is 3.93. The number of anilines is 1. The quantitative estimate of drug-likeness (QED) is 0.721. The molecular formula is C12H15BrN2O4S. The number of carbonyl (C=O) groups is 2. The number of carbonyl (C=O) groups excluding carboxylic acids is 1. The van der Waals surface area contributed by atoms with Crippen molar-refractivity contribution in [2.45, 2.75) is 6.92 Å². The topological polar surface area (TPSA) is 95.5 Å². The van der Waals surface area contributed by atoms with E-state index in [9.17, 15) is 13.8 Å². The van der Waals surface area contributed by atoms with Gasteiger partial charge in [-0.25, -0.2) is 9.59 Å². The molecule has 0 fully saturated rings. The number of carboxylic acid groups (broad SMARTS) is 1. The van der Waals surface area contributed by atoms with Gasteiger partial charge in [0.05, 0.1) is 5.56 Å². The number of urea groups is 1. The molecule has 1 aromatic rings. The van der Waals surface area contributed by atoms with E-state index >= 15 is 0 Å². The first-order valence-corrected chi connectivity index (χ1v) is 8.14. The van der Waals surface area contributed by atoms with Crippen LogP contribution >= 0.6 is 15.9 Å². The average Bonchev–Trinajstić information content (AvgIpc) is 2.37. The lowest BCUT2D eigenvalue weighted by Gasteiger charge is -2.08. The number of hydrogen-bond donors (Lipinski definition) is 3. The van der Waals surface area contributed by atoms with Crippen LogP contribution < -0.4 is 10.6 Å². The molecule has 110 valence electrons. The van der Waals surface area contributed by atoms with E-state index in [1.54, 1.807) is 6.07 Å². The van der Waals surface area contributed by atoms with Gasteiger partial charge in [-0.05, 0) is 18.2 Å². The summed E-state index contributed by atoms with van der Waals surface area (Å²) in [6.45, 7) is 2.11. The largest absolute Gasteiger partial charge is 0.478 e. The highest BCUT2D eigenvalue weighted by Gasteiger charge is 2.08. The number of halogens is 1. The molecule has 1 aromatic carbocycles. The van der Waals surface area contributed by atoms with Crippen LogP contribution in [0.4, 0.5) is 10.5 Å². The normalized spacial score (nSPS) is 11.7. The number of amides is 2. The zero-order valence-electron chi connectivity index (χ0n) is 10.8. The molecule has 2 amide bonds. The van der Waals surface area contributed by atoms with E-state index in [-0.39, 0.29) is 5.56 Å². The monoisotopic (exact) mass is 362 g/mol. The molecule has 0 heterocycles. The van der Waals surface area contributed by atoms with Crippen molar-refractivity contribution in [3.8, 4) is 0 Å². The molecule has 0 aliphatic rings. The summed E-state index contributed by atoms with van der Waals surface area (Å²) in [5, 5.41) is 14.0. The Morgan fingerprint density at radius 2 is 2.05 bits per heavy atom. The molecule has 8 heteroatoms. The van der Waals surface area contributed by atoms with Gasteiger partial charge in [0.25, 0.3) is 0 Å². The highest BCUT2D eigenvalue weighted by atomic mass is 79.9. The van der Waals surface area contributed by atoms with Crippen LogP contribution in [0.5, 0.6) is 0 Å². The number of benzene rings is 1. The molecule has 0 spiro atoms. The third-order valence-corrected chi connectivity index (χ3v) is 4.10. The Kier molecular flexibility index (Phi) is 6.66. The van der Waals surface area contributed by atoms with E-state index in [0.717, 1.165) is 0 Å². The minimum atomic E-state index is -1.08. The lowest BCUT2D eigenvalue weighted by Crippen LogP contribution is -2.32. The molecule has 6 nitrogen and oxygen atoms in total. The first kappa shape index (κ1) is 16.6. The predicted octanol–water partition coefficient (Wildman–Crippen LogP) is 2.04. The summed E-state index contributed by atoms with van der Waals surface area (Å²) in [5.74, 6) is -0.132. The van der Waals surface area contributed by atoms with Crippen molar-refractivity contribution in [2.24, 2.45) is 0 Å². The van der Waals surface area contributed by atoms with Gasteiger partial charge in [-0.3, -0.25) is 4.21 Å². The molecule has 1 unspecified atom stereocenters. The molecule has 0 aliphatic heterocycles. The molecule has 1 rings (SSSR count). The van der Waals surface area contributed by atoms with Gasteiger partial charge < -0.3 is 15.7 Å². The second kappa shape index (κ2) is 8.01. The SMILES string of the molecule is CCS(=O)CCNC(=O)Nc1cc(Br)cc(C(=O)O)c1. The van der Waals surface area contributed by atoms with Gasteiger partial charge in [-0.2, -0.15) is 0 Å². The summed E-state index contributed by atoms with van der Waals surface area (Å²) in [4.78, 5) is 22.5. The maximum absolute atomic E-state index is 11.6. The minimum absolute atomic E-state index is 0.0711. The summed E-state index contributed by atoms with van der Waals surface area (Å²) >= 11 is 3.18. The van der Waals surface area contributed by atoms with Crippen molar-refractivity contribution >= 4 is 44.4 Å². The first-order valence-electron chi connectivity index (χ1n) is 5.86. The Bertz CT molecular complexity index is 536. The Morgan fingerprint density at radius 3 is 2.65 bits per heavy atom. The summed E-state index contributed by atoms with van der Waals surface area (Å²) in [5.41, 5.74) is 0.438. The summed E-state index contributed by atoms with van der Waals surface area (Å²) in [7, 11) is -0.931. The first-order chi connectivity index (χ1) is 9.42. The van der Waals surface area contributed by atoms with Gasteiger partial charge in [0, 0.05) is 39.0 Å². The fourth-order valence-corrected chi connectivity index (χ4v) is 2.49. The van der Waals surface area contributed by atoms with E-state index in [1.807, 2.05) is 6.92 Å². The van der Waals surface area contributed by atoms with Crippen LogP contribution in [-0.2, 0) is 10.8 Å². The van der Waals surface area contributed by atoms with Crippen LogP contribution in [0.2, 0.25) is 0 Å². The fourth-order valence-electron chi connectivity index (χ4n) is 1.38. The molecule has 3 N–H and O–H groups in total. The number of hydrogen-bond acceptors (Lipinski definition) is 3. The molecule has 1 atom stereocenters. The van der Waals surface area contributed by atoms with Crippen molar-refractivity contribution < 1.29 is 18.9 Å². The Balaban J connectivity index is 2.57. The Labute approximate surface area is 127 Å². The zero-order chi connectivity index (χ0) is 15.1. The van der Waals surface area contributed by atoms with Gasteiger partial charge in [0.2, 0.25) is 0 Å². The van der Waals surface area contributed by atoms with Crippen molar-refractivity contribution in [3.05, 3.63) is 28.2 Å². The second-order valence-corrected chi connectivity index (χ2v) is 6.63. The van der Waals surface area contributed by atoms with Crippen LogP contribution in [0.25, 0.3) is 0 Å². The van der Waals surface area contributed by atoms with Crippen molar-refractivity contribution in [3.63, 3.8) is 0 Å². The summed E-state index contributed by atoms with van der Waals surface area (Å²) < 4.78 is 11.7. The van der Waals surface area contributed by atoms with Crippen LogP contribution in [0.15, 0.2) is 22.7 Å². The maximum Gasteiger partial charge on any atom is 0.335 e. The highest BCUT2D eigenvalue weighted by Crippen LogP contribution is 2.19. The van der Waals surface area contributed by atoms with Crippen LogP contribution in [-0.4, -0.2) is 39.4 Å². The Hall–Kier alpha value is -1.41. The van der Waals surface area contributed by atoms with Crippen LogP contribution in [0.1, 0.15) is 17.3 Å². The second-order valence-electron chi connectivity index (χ2n) is 3.85. The molecule has 0 aromatic heterocycles. The standard InChI is InChI=1S/C12H15BrN2O4S/c1-2-20(19)4-3-14-12(18)15-10-6-8(11(16)17)5-9(13)7-10/h5-7H,2-4H2,1H3,(H,16,17)(H2,14,15,18). The van der Waals surface area contributed by atoms with E-state index in [2.05, 4.69) is 26.6 Å². The van der Waals surface area contributed by atoms with Gasteiger partial charge >= 0.3 is 12.0 Å². The van der Waals surface area contributed by atoms with Crippen LogP contribution in [0.3, 0.4) is 0 Å². The van der Waals surface area contributed by atoms with E-state index in [1.165, 1.54) is 12.1 Å². The molecule has 0 saturated carbocycles. The molecular weight excluding hydrogens is 348 g/mol. The van der Waals surface area contributed by atoms with Crippen molar-refractivity contribution in [1.29, 1.82) is 0 Å². The summed E-state index contributed by atoms with van der Waals surface area (Å²) in [6.07, 6.45) is 0. The third-order valence-electron chi connectivity index (χ3n) is 2.34. The Morgan fingerprint density at radius 1 is 1.35 bits per heavy atom. The molecule has 0 aliphatic carbocycles. The minimum Gasteiger partial charge on any atom is -0.478 e. The number of nitrogens with one attached hydrogen (secondary N) is 2. The lowest BCUT2D eigenvalue weighted by atomic mass is 10.2. The molecule has 0 radical (unpaired) electrons. The van der Waals surface area contributed by atoms with Crippen LogP contribution in [0, 0.1) is 0 Å². The smallest absolute Gasteiger partial charge is 0.335 e. The zero-order valence-corrected chi connectivity index (χ0v) is 13.2. The number of rotatable bonds is 6. The third kappa shape index (κ3) is 5.70. The van der Waals surface area contributed by atoms with Crippen molar-refractivity contribution in [1.82, 2.24) is 5.32 Å². The van der Waals surface area contributed by atoms with E-state index in [0.29, 0.717) is 28.2 Å². The number of aromatic carboxylic acids is 1. The molecule has 0 bridgehead atoms. The van der Waals surface area contributed by atoms with Gasteiger partial charge in [-0.1, -0.05) is 22.9 Å². The fraction of sp³-hybridized carbons (Fsp3) is 0.333. The van der Waals surface area contributed by atoms with Gasteiger partial charge in [0.15, 0.2) is 0 Å². The van der Waals surface area contributed by atoms with Gasteiger partial charge in [-0.15, -0.1) is 0 Å². The van der Waals surface area contributed by atoms with E-state index in [4.69, 9.17) is 5.11 Å².